The van der Waals surface area contributed by atoms with Gasteiger partial charge in [0.25, 0.3) is 0 Å². The fourth-order valence-corrected chi connectivity index (χ4v) is 1.76. The van der Waals surface area contributed by atoms with Crippen LogP contribution in [0.2, 0.25) is 0 Å². The molecule has 90 valence electrons. The number of halogens is 3. The van der Waals surface area contributed by atoms with Gasteiger partial charge in [0.1, 0.15) is 5.82 Å². The number of alkyl halides is 1. The maximum absolute atomic E-state index is 13.6. The van der Waals surface area contributed by atoms with E-state index in [1.807, 2.05) is 0 Å². The molecule has 1 atom stereocenters. The Balaban J connectivity index is 2.85. The van der Waals surface area contributed by atoms with Crippen molar-refractivity contribution in [2.45, 2.75) is 6.10 Å². The van der Waals surface area contributed by atoms with Crippen LogP contribution in [0.1, 0.15) is 0 Å². The number of aliphatic hydroxyl groups is 1. The highest BCUT2D eigenvalue weighted by molar-refractivity contribution is 9.10. The lowest BCUT2D eigenvalue weighted by molar-refractivity contribution is 0.211. The van der Waals surface area contributed by atoms with Crippen LogP contribution >= 0.6 is 27.5 Å². The first kappa shape index (κ1) is 13.5. The molecule has 0 aliphatic carbocycles. The third-order valence-corrected chi connectivity index (χ3v) is 2.83. The van der Waals surface area contributed by atoms with Crippen LogP contribution in [0.5, 0.6) is 0 Å². The van der Waals surface area contributed by atoms with Gasteiger partial charge in [-0.2, -0.15) is 0 Å². The summed E-state index contributed by atoms with van der Waals surface area (Å²) in [5.41, 5.74) is 0.948. The van der Waals surface area contributed by atoms with Crippen molar-refractivity contribution in [2.75, 3.05) is 30.1 Å². The molecule has 1 aromatic rings. The van der Waals surface area contributed by atoms with E-state index in [0.29, 0.717) is 15.8 Å². The Morgan fingerprint density at radius 2 is 2.25 bits per heavy atom. The number of hydrogen-bond donors (Lipinski definition) is 3. The fraction of sp³-hybridized carbons (Fsp3) is 0.400. The smallest absolute Gasteiger partial charge is 0.149 e. The van der Waals surface area contributed by atoms with Crippen molar-refractivity contribution in [3.8, 4) is 0 Å². The predicted molar refractivity (Wildman–Crippen MR) is 68.9 cm³/mol. The van der Waals surface area contributed by atoms with Crippen molar-refractivity contribution in [3.05, 3.63) is 22.4 Å². The monoisotopic (exact) mass is 310 g/mol. The average Bonchev–Trinajstić information content (AvgIpc) is 2.26. The summed E-state index contributed by atoms with van der Waals surface area (Å²) in [6, 6.07) is 3.11. The van der Waals surface area contributed by atoms with Crippen LogP contribution in [0.15, 0.2) is 16.6 Å². The second-order valence-corrected chi connectivity index (χ2v) is 4.47. The van der Waals surface area contributed by atoms with Crippen molar-refractivity contribution < 1.29 is 9.50 Å². The Labute approximate surface area is 107 Å². The van der Waals surface area contributed by atoms with Crippen LogP contribution < -0.4 is 10.6 Å². The lowest BCUT2D eigenvalue weighted by Crippen LogP contribution is -2.21. The molecule has 0 fully saturated rings. The molecule has 0 amide bonds. The first-order valence-corrected chi connectivity index (χ1v) is 6.06. The highest BCUT2D eigenvalue weighted by atomic mass is 79.9. The summed E-state index contributed by atoms with van der Waals surface area (Å²) in [5, 5.41) is 15.0. The molecule has 0 aromatic heterocycles. The molecular weight excluding hydrogens is 298 g/mol. The third-order valence-electron chi connectivity index (χ3n) is 2.02. The van der Waals surface area contributed by atoms with Gasteiger partial charge in [-0.3, -0.25) is 0 Å². The van der Waals surface area contributed by atoms with Gasteiger partial charge in [0.2, 0.25) is 0 Å². The molecule has 1 unspecified atom stereocenters. The normalized spacial score (nSPS) is 12.3. The molecule has 0 heterocycles. The maximum Gasteiger partial charge on any atom is 0.149 e. The zero-order valence-electron chi connectivity index (χ0n) is 8.73. The summed E-state index contributed by atoms with van der Waals surface area (Å²) >= 11 is 8.65. The minimum Gasteiger partial charge on any atom is -0.390 e. The molecule has 0 spiro atoms. The number of hydrogen-bond acceptors (Lipinski definition) is 3. The fourth-order valence-electron chi connectivity index (χ4n) is 1.22. The van der Waals surface area contributed by atoms with Crippen molar-refractivity contribution in [2.24, 2.45) is 0 Å². The van der Waals surface area contributed by atoms with E-state index < -0.39 is 6.10 Å². The Morgan fingerprint density at radius 3 is 2.81 bits per heavy atom. The quantitative estimate of drug-likeness (QED) is 0.733. The van der Waals surface area contributed by atoms with Crippen LogP contribution in [0.4, 0.5) is 15.8 Å². The molecule has 3 N–H and O–H groups in total. The lowest BCUT2D eigenvalue weighted by atomic mass is 10.2. The van der Waals surface area contributed by atoms with Crippen LogP contribution in [0, 0.1) is 5.82 Å². The van der Waals surface area contributed by atoms with E-state index in [9.17, 15) is 9.50 Å². The number of anilines is 2. The molecular formula is C10H13BrClFN2O. The van der Waals surface area contributed by atoms with Gasteiger partial charge in [0, 0.05) is 18.1 Å². The van der Waals surface area contributed by atoms with Gasteiger partial charge >= 0.3 is 0 Å². The summed E-state index contributed by atoms with van der Waals surface area (Å²) in [4.78, 5) is 0. The van der Waals surface area contributed by atoms with Crippen LogP contribution in [-0.4, -0.2) is 30.7 Å². The molecule has 3 nitrogen and oxygen atoms in total. The molecule has 0 aliphatic rings. The number of rotatable bonds is 5. The van der Waals surface area contributed by atoms with E-state index in [0.717, 1.165) is 0 Å². The van der Waals surface area contributed by atoms with Crippen LogP contribution in [0.25, 0.3) is 0 Å². The Bertz CT molecular complexity index is 365. The third kappa shape index (κ3) is 3.50. The number of benzene rings is 1. The lowest BCUT2D eigenvalue weighted by Gasteiger charge is -2.15. The summed E-state index contributed by atoms with van der Waals surface area (Å²) < 4.78 is 14.3. The zero-order chi connectivity index (χ0) is 12.1. The SMILES string of the molecule is CNc1cc(Br)cc(F)c1NCC(O)CCl. The molecule has 0 saturated heterocycles. The summed E-state index contributed by atoms with van der Waals surface area (Å²) in [5.74, 6) is -0.277. The molecule has 6 heteroatoms. The molecule has 0 saturated carbocycles. The Morgan fingerprint density at radius 1 is 1.56 bits per heavy atom. The first-order valence-electron chi connectivity index (χ1n) is 4.73. The molecule has 0 aliphatic heterocycles. The highest BCUT2D eigenvalue weighted by Crippen LogP contribution is 2.29. The van der Waals surface area contributed by atoms with E-state index in [-0.39, 0.29) is 18.2 Å². The van der Waals surface area contributed by atoms with E-state index >= 15 is 0 Å². The van der Waals surface area contributed by atoms with Crippen molar-refractivity contribution in [1.82, 2.24) is 0 Å². The van der Waals surface area contributed by atoms with E-state index in [4.69, 9.17) is 11.6 Å². The second kappa shape index (κ2) is 6.27. The molecule has 0 bridgehead atoms. The molecule has 1 rings (SSSR count). The minimum atomic E-state index is -0.700. The zero-order valence-corrected chi connectivity index (χ0v) is 11.1. The maximum atomic E-state index is 13.6. The van der Waals surface area contributed by atoms with Gasteiger partial charge in [-0.25, -0.2) is 4.39 Å². The average molecular weight is 312 g/mol. The second-order valence-electron chi connectivity index (χ2n) is 3.25. The van der Waals surface area contributed by atoms with Crippen molar-refractivity contribution in [3.63, 3.8) is 0 Å². The first-order chi connectivity index (χ1) is 7.58. The Kier molecular flexibility index (Phi) is 5.31. The van der Waals surface area contributed by atoms with Gasteiger partial charge < -0.3 is 15.7 Å². The topological polar surface area (TPSA) is 44.3 Å². The summed E-state index contributed by atoms with van der Waals surface area (Å²) in [6.45, 7) is 0.205. The number of nitrogens with one attached hydrogen (secondary N) is 2. The number of aliphatic hydroxyl groups excluding tert-OH is 1. The van der Waals surface area contributed by atoms with E-state index in [1.165, 1.54) is 6.07 Å². The molecule has 1 aromatic carbocycles. The Hall–Kier alpha value is -0.520. The molecule has 0 radical (unpaired) electrons. The van der Waals surface area contributed by atoms with Gasteiger partial charge in [-0.15, -0.1) is 11.6 Å². The molecule has 16 heavy (non-hydrogen) atoms. The predicted octanol–water partition coefficient (Wildman–Crippen LogP) is 2.64. The van der Waals surface area contributed by atoms with Gasteiger partial charge in [0.15, 0.2) is 0 Å². The van der Waals surface area contributed by atoms with Gasteiger partial charge in [-0.1, -0.05) is 15.9 Å². The summed E-state index contributed by atoms with van der Waals surface area (Å²) in [7, 11) is 1.70. The van der Waals surface area contributed by atoms with E-state index in [2.05, 4.69) is 26.6 Å². The van der Waals surface area contributed by atoms with Gasteiger partial charge in [0.05, 0.1) is 23.4 Å². The highest BCUT2D eigenvalue weighted by Gasteiger charge is 2.10. The van der Waals surface area contributed by atoms with Gasteiger partial charge in [-0.05, 0) is 12.1 Å². The standard InChI is InChI=1S/C10H13BrClFN2O/c1-14-9-3-6(11)2-8(13)10(9)15-5-7(16)4-12/h2-3,7,14-16H,4-5H2,1H3. The van der Waals surface area contributed by atoms with Crippen molar-refractivity contribution >= 4 is 38.9 Å². The minimum absolute atomic E-state index is 0.111. The van der Waals surface area contributed by atoms with Crippen LogP contribution in [-0.2, 0) is 0 Å². The van der Waals surface area contributed by atoms with Crippen molar-refractivity contribution in [1.29, 1.82) is 0 Å². The van der Waals surface area contributed by atoms with E-state index in [1.54, 1.807) is 13.1 Å². The van der Waals surface area contributed by atoms with Crippen LogP contribution in [0.3, 0.4) is 0 Å². The summed E-state index contributed by atoms with van der Waals surface area (Å²) in [6.07, 6.45) is -0.700. The largest absolute Gasteiger partial charge is 0.390 e.